The smallest absolute Gasteiger partial charge is 1.00 e. The molecule has 27 heteroatoms. The first-order valence-electron chi connectivity index (χ1n) is 25.8. The SMILES string of the molecule is COc1ccc(/C=C/c2c(Cl)cccc2Cl)cc1CCCNC(=O)C(F)(F)F.COc1ccc(/C=C/c2c(Cl)cccc2SC)cc1CCCN.COc1ccc(/C=C/c2c(Cl)cccc2SC)cc1CCCNC(=O)C(F)(F)F.C[S-].O=CO[O-].[H-].[K+].[K+].[Na+]. The minimum atomic E-state index is -4.87. The molecule has 0 saturated carbocycles. The molecular formula is C62H66Cl4F6K2N3NaO8S3. The van der Waals surface area contributed by atoms with Gasteiger partial charge in [-0.05, 0) is 164 Å². The summed E-state index contributed by atoms with van der Waals surface area (Å²) in [6.07, 6.45) is 11.0. The Balaban J connectivity index is -0.00000119. The molecule has 6 rings (SSSR count). The average Bonchev–Trinajstić information content (AvgIpc) is 3.68. The Bertz CT molecular complexity index is 3180. The van der Waals surface area contributed by atoms with E-state index in [0.717, 1.165) is 67.5 Å². The van der Waals surface area contributed by atoms with Gasteiger partial charge in [0.05, 0.1) is 21.3 Å². The summed E-state index contributed by atoms with van der Waals surface area (Å²) in [5, 5.41) is 14.6. The van der Waals surface area contributed by atoms with Crippen molar-refractivity contribution < 1.29 is 199 Å². The van der Waals surface area contributed by atoms with E-state index in [0.29, 0.717) is 64.4 Å². The molecule has 0 aliphatic rings. The zero-order valence-corrected chi connectivity index (χ0v) is 64.4. The third-order valence-corrected chi connectivity index (χ3v) is 14.6. The molecule has 0 aromatic heterocycles. The molecule has 6 aromatic rings. The van der Waals surface area contributed by atoms with Gasteiger partial charge in [0.2, 0.25) is 0 Å². The topological polar surface area (TPSA) is 161 Å². The van der Waals surface area contributed by atoms with E-state index in [9.17, 15) is 35.9 Å². The summed E-state index contributed by atoms with van der Waals surface area (Å²) in [7, 11) is 4.75. The molecule has 89 heavy (non-hydrogen) atoms. The molecule has 2 amide bonds. The molecule has 6 aromatic carbocycles. The van der Waals surface area contributed by atoms with Crippen LogP contribution in [0, 0.1) is 0 Å². The van der Waals surface area contributed by atoms with Crippen molar-refractivity contribution in [1.29, 1.82) is 0 Å². The van der Waals surface area contributed by atoms with Crippen LogP contribution in [0.15, 0.2) is 119 Å². The minimum absolute atomic E-state index is 0. The number of rotatable bonds is 23. The van der Waals surface area contributed by atoms with E-state index in [1.807, 2.05) is 102 Å². The van der Waals surface area contributed by atoms with Gasteiger partial charge in [0.1, 0.15) is 17.2 Å². The van der Waals surface area contributed by atoms with Crippen molar-refractivity contribution in [3.63, 3.8) is 0 Å². The van der Waals surface area contributed by atoms with Crippen molar-refractivity contribution >= 4 is 137 Å². The predicted molar refractivity (Wildman–Crippen MR) is 342 cm³/mol. The van der Waals surface area contributed by atoms with E-state index in [4.69, 9.17) is 76.4 Å². The number of alkyl halides is 6. The normalized spacial score (nSPS) is 10.6. The van der Waals surface area contributed by atoms with Crippen LogP contribution in [0.3, 0.4) is 0 Å². The van der Waals surface area contributed by atoms with Gasteiger partial charge in [-0.15, -0.1) is 23.5 Å². The molecule has 0 aliphatic carbocycles. The van der Waals surface area contributed by atoms with Gasteiger partial charge < -0.3 is 54.8 Å². The summed E-state index contributed by atoms with van der Waals surface area (Å²) in [6.45, 7) is 0.342. The van der Waals surface area contributed by atoms with E-state index < -0.39 is 24.2 Å². The van der Waals surface area contributed by atoms with Crippen LogP contribution in [0.25, 0.3) is 36.5 Å². The molecule has 0 spiro atoms. The van der Waals surface area contributed by atoms with Crippen molar-refractivity contribution in [3.8, 4) is 17.2 Å². The Morgan fingerprint density at radius 3 is 1.12 bits per heavy atom. The Labute approximate surface area is 660 Å². The average molecular weight is 1430 g/mol. The van der Waals surface area contributed by atoms with Crippen molar-refractivity contribution in [1.82, 2.24) is 10.6 Å². The van der Waals surface area contributed by atoms with Crippen LogP contribution in [0.4, 0.5) is 26.3 Å². The number of carbonyl (C=O) groups excluding carboxylic acids is 3. The molecule has 0 bridgehead atoms. The van der Waals surface area contributed by atoms with Gasteiger partial charge in [0.15, 0.2) is 0 Å². The van der Waals surface area contributed by atoms with E-state index in [1.54, 1.807) is 67.2 Å². The summed E-state index contributed by atoms with van der Waals surface area (Å²) in [4.78, 5) is 35.2. The number of hydrogen-bond donors (Lipinski definition) is 3. The number of amides is 2. The summed E-state index contributed by atoms with van der Waals surface area (Å²) in [5.74, 6) is -1.68. The van der Waals surface area contributed by atoms with Crippen molar-refractivity contribution in [3.05, 3.63) is 179 Å². The van der Waals surface area contributed by atoms with Gasteiger partial charge in [-0.3, -0.25) is 14.4 Å². The van der Waals surface area contributed by atoms with E-state index >= 15 is 0 Å². The summed E-state index contributed by atoms with van der Waals surface area (Å²) < 4.78 is 89.3. The van der Waals surface area contributed by atoms with Gasteiger partial charge in [-0.2, -0.15) is 32.6 Å². The Kier molecular flexibility index (Phi) is 50.0. The first-order valence-corrected chi connectivity index (χ1v) is 30.5. The Morgan fingerprint density at radius 2 is 0.843 bits per heavy atom. The fraction of sp³-hybridized carbons (Fsp3) is 0.274. The second kappa shape index (κ2) is 49.8. The van der Waals surface area contributed by atoms with Gasteiger partial charge in [0.25, 0.3) is 6.47 Å². The number of halogens is 10. The number of hydrogen-bond acceptors (Lipinski definition) is 12. The fourth-order valence-electron chi connectivity index (χ4n) is 7.67. The van der Waals surface area contributed by atoms with Crippen LogP contribution in [-0.4, -0.2) is 90.4 Å². The van der Waals surface area contributed by atoms with Crippen LogP contribution in [0.2, 0.25) is 20.1 Å². The predicted octanol–water partition coefficient (Wildman–Crippen LogP) is 6.49. The number of thioether (sulfide) groups is 2. The molecule has 0 saturated heterocycles. The maximum absolute atomic E-state index is 12.2. The molecule has 0 atom stereocenters. The number of carbonyl (C=O) groups is 3. The zero-order chi connectivity index (χ0) is 64.2. The van der Waals surface area contributed by atoms with Gasteiger partial charge in [0, 0.05) is 59.7 Å². The number of nitrogens with one attached hydrogen (secondary N) is 2. The minimum Gasteiger partial charge on any atom is -1.00 e. The number of aryl methyl sites for hydroxylation is 3. The van der Waals surface area contributed by atoms with Gasteiger partial charge >= 0.3 is 156 Å². The van der Waals surface area contributed by atoms with E-state index in [-0.39, 0.29) is 153 Å². The third-order valence-electron chi connectivity index (χ3n) is 11.7. The van der Waals surface area contributed by atoms with Crippen molar-refractivity contribution in [2.75, 3.05) is 59.7 Å². The Morgan fingerprint density at radius 1 is 0.551 bits per heavy atom. The van der Waals surface area contributed by atoms with Crippen LogP contribution < -0.4 is 168 Å². The maximum Gasteiger partial charge on any atom is 1.00 e. The number of nitrogens with two attached hydrogens (primary N) is 1. The van der Waals surface area contributed by atoms with Crippen LogP contribution in [0.5, 0.6) is 17.2 Å². The zero-order valence-electron chi connectivity index (χ0n) is 51.6. The maximum atomic E-state index is 12.2. The summed E-state index contributed by atoms with van der Waals surface area (Å²) in [6, 6.07) is 34.2. The van der Waals surface area contributed by atoms with Crippen LogP contribution in [-0.2, 0) is 51.2 Å². The van der Waals surface area contributed by atoms with Gasteiger partial charge in [-0.1, -0.05) is 119 Å². The summed E-state index contributed by atoms with van der Waals surface area (Å²) >= 11 is 32.3. The van der Waals surface area contributed by atoms with Crippen molar-refractivity contribution in [2.24, 2.45) is 5.73 Å². The summed E-state index contributed by atoms with van der Waals surface area (Å²) in [5.41, 5.74) is 14.0. The number of ether oxygens (including phenoxy) is 3. The fourth-order valence-corrected chi connectivity index (χ4v) is 10.0. The first kappa shape index (κ1) is 89.4. The Hall–Kier alpha value is -1.67. The van der Waals surface area contributed by atoms with Crippen LogP contribution in [0.1, 0.15) is 70.8 Å². The second-order valence-corrected chi connectivity index (χ2v) is 20.7. The van der Waals surface area contributed by atoms with E-state index in [1.165, 1.54) is 24.7 Å². The number of benzene rings is 6. The second-order valence-electron chi connectivity index (χ2n) is 17.4. The number of methoxy groups -OCH3 is 3. The molecule has 0 heterocycles. The first-order chi connectivity index (χ1) is 41.1. The molecular weight excluding hydrogens is 1370 g/mol. The molecule has 0 unspecified atom stereocenters. The largest absolute Gasteiger partial charge is 1.00 e. The third kappa shape index (κ3) is 33.5. The molecule has 0 aliphatic heterocycles. The quantitative estimate of drug-likeness (QED) is 0.00738. The molecule has 4 N–H and O–H groups in total. The standard InChI is InChI=1S/C21H21ClF3NO2S.C20H18Cl2F3NO2.C19H22ClNOS.CH2O3.CH4S.2K.Na.H/c1-28-18-11-9-14(8-10-16-17(22)6-3-7-19(16)29-2)13-15(18)5-4-12-26-20(27)21(23,24)25;1-28-18-10-8-13(7-9-15-16(21)5-2-6-17(15)22)12-14(18)4-3-11-26-19(27)20(23,24)25;1-22-18-11-9-14(13-15(18)5-4-12-21)8-10-16-17(20)6-3-7-19(16)23-2;2-1-4-3;1-2;;;;/h3,6-11,13H,4-5,12H2,1-2H3,(H,26,27);2,5-10,12H,3-4,11H2,1H3,(H,26,27);3,6-11,13H,4-5,12,21H2,1-2H3;1,3H;2H,1H3;;;;/q;;;;;3*+1;-1/p-2/b10-8+;9-7+;10-8+;;;;;;. The monoisotopic (exact) mass is 1430 g/mol. The molecule has 11 nitrogen and oxygen atoms in total. The van der Waals surface area contributed by atoms with Gasteiger partial charge in [-0.25, -0.2) is 0 Å². The molecule has 0 radical (unpaired) electrons. The van der Waals surface area contributed by atoms with Crippen LogP contribution >= 0.6 is 69.9 Å². The van der Waals surface area contributed by atoms with Crippen molar-refractivity contribution in [2.45, 2.75) is 60.7 Å². The molecule has 468 valence electrons. The van der Waals surface area contributed by atoms with E-state index in [2.05, 4.69) is 54.1 Å². The molecule has 0 fully saturated rings.